The smallest absolute Gasteiger partial charge is 0.227 e. The van der Waals surface area contributed by atoms with Crippen LogP contribution in [0.3, 0.4) is 0 Å². The molecule has 0 radical (unpaired) electrons. The number of nitrogens with two attached hydrogens (primary N) is 1. The van der Waals surface area contributed by atoms with Gasteiger partial charge in [-0.25, -0.2) is 0 Å². The van der Waals surface area contributed by atoms with Gasteiger partial charge in [0, 0.05) is 19.2 Å². The van der Waals surface area contributed by atoms with Crippen LogP contribution in [0, 0.1) is 11.8 Å². The molecule has 1 amide bonds. The third-order valence-corrected chi connectivity index (χ3v) is 3.27. The number of amides is 1. The van der Waals surface area contributed by atoms with Gasteiger partial charge in [-0.2, -0.15) is 0 Å². The molecule has 1 aliphatic heterocycles. The second-order valence-electron chi connectivity index (χ2n) is 4.72. The van der Waals surface area contributed by atoms with E-state index in [-0.39, 0.29) is 17.9 Å². The number of hydrogen-bond donors (Lipinski definition) is 2. The van der Waals surface area contributed by atoms with Gasteiger partial charge in [-0.05, 0) is 25.2 Å². The van der Waals surface area contributed by atoms with E-state index in [1.54, 1.807) is 0 Å². The molecule has 4 nitrogen and oxygen atoms in total. The lowest BCUT2D eigenvalue weighted by atomic mass is 10.0. The zero-order valence-corrected chi connectivity index (χ0v) is 9.52. The highest BCUT2D eigenvalue weighted by Crippen LogP contribution is 2.17. The van der Waals surface area contributed by atoms with E-state index in [1.165, 1.54) is 0 Å². The summed E-state index contributed by atoms with van der Waals surface area (Å²) in [5.74, 6) is 0.561. The Balaban J connectivity index is 1.69. The molecule has 3 unspecified atom stereocenters. The normalized spacial score (nSPS) is 33.9. The third kappa shape index (κ3) is 3.06. The Morgan fingerprint density at radius 2 is 2.38 bits per heavy atom. The lowest BCUT2D eigenvalue weighted by Gasteiger charge is -2.22. The summed E-state index contributed by atoms with van der Waals surface area (Å²) >= 11 is 0. The summed E-state index contributed by atoms with van der Waals surface area (Å²) in [4.78, 5) is 11.8. The average Bonchev–Trinajstić information content (AvgIpc) is 2.74. The fraction of sp³-hybridized carbons (Fsp3) is 0.750. The third-order valence-electron chi connectivity index (χ3n) is 3.27. The zero-order chi connectivity index (χ0) is 11.4. The molecule has 1 fully saturated rings. The second-order valence-corrected chi connectivity index (χ2v) is 4.72. The summed E-state index contributed by atoms with van der Waals surface area (Å²) in [6, 6.07) is 0.0498. The molecule has 0 aromatic rings. The van der Waals surface area contributed by atoms with E-state index in [9.17, 15) is 4.79 Å². The summed E-state index contributed by atoms with van der Waals surface area (Å²) in [5, 5.41) is 2.99. The monoisotopic (exact) mass is 224 g/mol. The quantitative estimate of drug-likeness (QED) is 0.683. The number of hydrogen-bond acceptors (Lipinski definition) is 3. The molecule has 16 heavy (non-hydrogen) atoms. The summed E-state index contributed by atoms with van der Waals surface area (Å²) in [6.07, 6.45) is 6.83. The number of ether oxygens (including phenoxy) is 1. The van der Waals surface area contributed by atoms with Gasteiger partial charge in [0.1, 0.15) is 0 Å². The molecule has 90 valence electrons. The van der Waals surface area contributed by atoms with Gasteiger partial charge in [0.25, 0.3) is 0 Å². The molecule has 1 aliphatic carbocycles. The van der Waals surface area contributed by atoms with Crippen LogP contribution in [-0.4, -0.2) is 31.7 Å². The van der Waals surface area contributed by atoms with Crippen molar-refractivity contribution >= 4 is 5.91 Å². The van der Waals surface area contributed by atoms with Gasteiger partial charge < -0.3 is 15.8 Å². The Morgan fingerprint density at radius 3 is 3.00 bits per heavy atom. The van der Waals surface area contributed by atoms with E-state index in [2.05, 4.69) is 5.32 Å². The van der Waals surface area contributed by atoms with Crippen molar-refractivity contribution < 1.29 is 9.53 Å². The van der Waals surface area contributed by atoms with Crippen LogP contribution >= 0.6 is 0 Å². The predicted octanol–water partition coefficient (Wildman–Crippen LogP) is 0.433. The Hall–Kier alpha value is -0.870. The van der Waals surface area contributed by atoms with Crippen molar-refractivity contribution in [3.8, 4) is 0 Å². The largest absolute Gasteiger partial charge is 0.381 e. The molecule has 0 aromatic carbocycles. The van der Waals surface area contributed by atoms with E-state index in [0.29, 0.717) is 5.92 Å². The lowest BCUT2D eigenvalue weighted by Crippen LogP contribution is -2.36. The second kappa shape index (κ2) is 5.46. The van der Waals surface area contributed by atoms with Crippen molar-refractivity contribution in [2.75, 3.05) is 19.8 Å². The molecular formula is C12H20N2O2. The van der Waals surface area contributed by atoms with Crippen LogP contribution in [0.4, 0.5) is 0 Å². The van der Waals surface area contributed by atoms with Gasteiger partial charge in [-0.3, -0.25) is 4.79 Å². The first kappa shape index (κ1) is 11.6. The highest BCUT2D eigenvalue weighted by molar-refractivity contribution is 5.81. The molecule has 0 saturated carbocycles. The van der Waals surface area contributed by atoms with E-state index in [1.807, 2.05) is 12.2 Å². The van der Waals surface area contributed by atoms with Gasteiger partial charge in [0.15, 0.2) is 0 Å². The highest BCUT2D eigenvalue weighted by atomic mass is 16.5. The van der Waals surface area contributed by atoms with Crippen LogP contribution in [0.5, 0.6) is 0 Å². The Morgan fingerprint density at radius 1 is 1.50 bits per heavy atom. The van der Waals surface area contributed by atoms with Crippen molar-refractivity contribution in [2.24, 2.45) is 17.6 Å². The van der Waals surface area contributed by atoms with Gasteiger partial charge in [0.05, 0.1) is 12.5 Å². The van der Waals surface area contributed by atoms with Crippen molar-refractivity contribution in [3.05, 3.63) is 12.2 Å². The van der Waals surface area contributed by atoms with Crippen LogP contribution in [0.25, 0.3) is 0 Å². The van der Waals surface area contributed by atoms with Crippen LogP contribution in [-0.2, 0) is 9.53 Å². The van der Waals surface area contributed by atoms with Gasteiger partial charge in [-0.1, -0.05) is 12.2 Å². The Kier molecular flexibility index (Phi) is 3.96. The van der Waals surface area contributed by atoms with Crippen LogP contribution in [0.15, 0.2) is 12.2 Å². The van der Waals surface area contributed by atoms with Crippen LogP contribution < -0.4 is 11.1 Å². The Bertz CT molecular complexity index is 272. The number of nitrogens with one attached hydrogen (secondary N) is 1. The molecule has 2 aliphatic rings. The first-order valence-corrected chi connectivity index (χ1v) is 6.05. The lowest BCUT2D eigenvalue weighted by molar-refractivity contribution is -0.124. The van der Waals surface area contributed by atoms with Crippen LogP contribution in [0.1, 0.15) is 19.3 Å². The minimum atomic E-state index is -0.0282. The fourth-order valence-corrected chi connectivity index (χ4v) is 2.27. The summed E-state index contributed by atoms with van der Waals surface area (Å²) in [5.41, 5.74) is 5.72. The number of carbonyl (C=O) groups is 1. The number of carbonyl (C=O) groups excluding carboxylic acids is 1. The molecule has 3 atom stereocenters. The van der Waals surface area contributed by atoms with Gasteiger partial charge in [-0.15, -0.1) is 0 Å². The van der Waals surface area contributed by atoms with Crippen LogP contribution in [0.2, 0.25) is 0 Å². The minimum absolute atomic E-state index is 0.0282. The molecule has 4 heteroatoms. The molecule has 0 aromatic heterocycles. The maximum Gasteiger partial charge on any atom is 0.227 e. The zero-order valence-electron chi connectivity index (χ0n) is 9.52. The van der Waals surface area contributed by atoms with E-state index in [0.717, 1.165) is 39.0 Å². The van der Waals surface area contributed by atoms with Crippen molar-refractivity contribution in [3.63, 3.8) is 0 Å². The van der Waals surface area contributed by atoms with Gasteiger partial charge >= 0.3 is 0 Å². The SMILES string of the molecule is NC1C=CC(C(=O)NCC2CCCOC2)C1. The topological polar surface area (TPSA) is 64.4 Å². The predicted molar refractivity (Wildman–Crippen MR) is 61.8 cm³/mol. The first-order chi connectivity index (χ1) is 7.75. The molecule has 0 bridgehead atoms. The standard InChI is InChI=1S/C12H20N2O2/c13-11-4-3-10(6-11)12(15)14-7-9-2-1-5-16-8-9/h3-4,9-11H,1-2,5-8,13H2,(H,14,15). The van der Waals surface area contributed by atoms with Crippen molar-refractivity contribution in [1.29, 1.82) is 0 Å². The molecule has 1 saturated heterocycles. The van der Waals surface area contributed by atoms with Crippen molar-refractivity contribution in [1.82, 2.24) is 5.32 Å². The van der Waals surface area contributed by atoms with E-state index >= 15 is 0 Å². The maximum atomic E-state index is 11.8. The van der Waals surface area contributed by atoms with E-state index < -0.39 is 0 Å². The number of rotatable bonds is 3. The first-order valence-electron chi connectivity index (χ1n) is 6.05. The van der Waals surface area contributed by atoms with Gasteiger partial charge in [0.2, 0.25) is 5.91 Å². The minimum Gasteiger partial charge on any atom is -0.381 e. The molecule has 1 heterocycles. The fourth-order valence-electron chi connectivity index (χ4n) is 2.27. The molecule has 0 spiro atoms. The molecule has 3 N–H and O–H groups in total. The summed E-state index contributed by atoms with van der Waals surface area (Å²) in [6.45, 7) is 2.38. The highest BCUT2D eigenvalue weighted by Gasteiger charge is 2.23. The Labute approximate surface area is 96.2 Å². The van der Waals surface area contributed by atoms with E-state index in [4.69, 9.17) is 10.5 Å². The summed E-state index contributed by atoms with van der Waals surface area (Å²) in [7, 11) is 0. The molecular weight excluding hydrogens is 204 g/mol. The molecule has 2 rings (SSSR count). The summed E-state index contributed by atoms with van der Waals surface area (Å²) < 4.78 is 5.37. The van der Waals surface area contributed by atoms with Crippen molar-refractivity contribution in [2.45, 2.75) is 25.3 Å². The average molecular weight is 224 g/mol. The maximum absolute atomic E-state index is 11.8.